The largest absolute Gasteiger partial charge is 0.394 e. The Balaban J connectivity index is 1.25. The van der Waals surface area contributed by atoms with Gasteiger partial charge >= 0.3 is 0 Å². The molecule has 0 aromatic heterocycles. The normalized spacial score (nSPS) is 24.0. The van der Waals surface area contributed by atoms with Crippen molar-refractivity contribution in [3.8, 4) is 0 Å². The van der Waals surface area contributed by atoms with Crippen LogP contribution in [-0.2, 0) is 24.3 Å². The molecule has 3 heterocycles. The fourth-order valence-corrected chi connectivity index (χ4v) is 7.87. The highest BCUT2D eigenvalue weighted by molar-refractivity contribution is 7.92. The molecule has 1 aliphatic carbocycles. The molecule has 5 rings (SSSR count). The summed E-state index contributed by atoms with van der Waals surface area (Å²) >= 11 is 0. The van der Waals surface area contributed by atoms with Crippen LogP contribution in [0.4, 0.5) is 5.69 Å². The Labute approximate surface area is 242 Å². The van der Waals surface area contributed by atoms with Crippen LogP contribution in [0.3, 0.4) is 0 Å². The van der Waals surface area contributed by atoms with E-state index in [1.165, 1.54) is 16.1 Å². The van der Waals surface area contributed by atoms with Gasteiger partial charge in [0, 0.05) is 36.5 Å². The quantitative estimate of drug-likeness (QED) is 0.428. The third-order valence-electron chi connectivity index (χ3n) is 9.03. The number of piperidine rings is 1. The van der Waals surface area contributed by atoms with Gasteiger partial charge in [-0.2, -0.15) is 4.31 Å². The fraction of sp³-hybridized carbons (Fsp3) is 0.633. The van der Waals surface area contributed by atoms with Gasteiger partial charge in [-0.25, -0.2) is 8.42 Å². The van der Waals surface area contributed by atoms with Crippen LogP contribution in [0.25, 0.3) is 6.08 Å². The summed E-state index contributed by atoms with van der Waals surface area (Å²) in [6, 6.07) is 3.72. The summed E-state index contributed by atoms with van der Waals surface area (Å²) in [5.41, 5.74) is 2.45. The lowest BCUT2D eigenvalue weighted by Gasteiger charge is -2.34. The number of rotatable bonds is 9. The molecular formula is C30H42N4O6S. The molecule has 1 aromatic carbocycles. The minimum atomic E-state index is -3.70. The molecular weight excluding hydrogens is 544 g/mol. The fourth-order valence-electron chi connectivity index (χ4n) is 6.69. The summed E-state index contributed by atoms with van der Waals surface area (Å²) in [5, 5.41) is 13.3. The van der Waals surface area contributed by atoms with Gasteiger partial charge in [-0.1, -0.05) is 19.3 Å². The van der Waals surface area contributed by atoms with Gasteiger partial charge in [0.2, 0.25) is 15.9 Å². The van der Waals surface area contributed by atoms with Gasteiger partial charge in [0.25, 0.3) is 5.91 Å². The summed E-state index contributed by atoms with van der Waals surface area (Å²) in [5.74, 6) is 1.06. The van der Waals surface area contributed by atoms with Crippen molar-refractivity contribution in [3.63, 3.8) is 0 Å². The summed E-state index contributed by atoms with van der Waals surface area (Å²) < 4.78 is 33.5. The molecule has 0 radical (unpaired) electrons. The number of hydrogen-bond acceptors (Lipinski definition) is 7. The first-order valence-electron chi connectivity index (χ1n) is 14.8. The van der Waals surface area contributed by atoms with Gasteiger partial charge in [-0.15, -0.1) is 0 Å². The molecule has 4 aliphatic rings. The first kappa shape index (κ1) is 29.9. The van der Waals surface area contributed by atoms with Crippen molar-refractivity contribution >= 4 is 39.4 Å². The highest BCUT2D eigenvalue weighted by Crippen LogP contribution is 2.35. The van der Waals surface area contributed by atoms with Crippen LogP contribution in [-0.4, -0.2) is 80.0 Å². The summed E-state index contributed by atoms with van der Waals surface area (Å²) in [6.07, 6.45) is 9.15. The minimum Gasteiger partial charge on any atom is -0.394 e. The number of benzene rings is 1. The Hall–Kier alpha value is -2.60. The van der Waals surface area contributed by atoms with Gasteiger partial charge in [-0.3, -0.25) is 14.6 Å². The van der Waals surface area contributed by atoms with Gasteiger partial charge in [0.1, 0.15) is 11.4 Å². The van der Waals surface area contributed by atoms with E-state index in [1.54, 1.807) is 11.0 Å². The predicted molar refractivity (Wildman–Crippen MR) is 158 cm³/mol. The smallest absolute Gasteiger partial charge is 0.253 e. The number of anilines is 1. The Morgan fingerprint density at radius 1 is 1.10 bits per heavy atom. The number of sulfonamides is 1. The summed E-state index contributed by atoms with van der Waals surface area (Å²) in [6.45, 7) is 4.83. The average molecular weight is 587 g/mol. The van der Waals surface area contributed by atoms with Gasteiger partial charge in [0.15, 0.2) is 0 Å². The molecule has 1 spiro atoms. The third kappa shape index (κ3) is 6.28. The van der Waals surface area contributed by atoms with E-state index in [4.69, 9.17) is 14.8 Å². The first-order chi connectivity index (χ1) is 19.6. The maximum atomic E-state index is 13.3. The highest BCUT2D eigenvalue weighted by atomic mass is 32.2. The summed E-state index contributed by atoms with van der Waals surface area (Å²) in [4.78, 5) is 32.2. The molecule has 3 aliphatic heterocycles. The van der Waals surface area contributed by atoms with Crippen molar-refractivity contribution in [1.82, 2.24) is 9.62 Å². The van der Waals surface area contributed by atoms with Gasteiger partial charge in [0.05, 0.1) is 25.9 Å². The molecule has 11 heteroatoms. The lowest BCUT2D eigenvalue weighted by atomic mass is 9.88. The van der Waals surface area contributed by atoms with Gasteiger partial charge < -0.3 is 20.1 Å². The second-order valence-electron chi connectivity index (χ2n) is 11.8. The van der Waals surface area contributed by atoms with E-state index in [1.807, 2.05) is 26.0 Å². The number of amides is 2. The number of aliphatic hydroxyl groups is 1. The van der Waals surface area contributed by atoms with Crippen molar-refractivity contribution < 1.29 is 27.9 Å². The number of carbonyl (C=O) groups is 2. The molecule has 1 saturated carbocycles. The summed E-state index contributed by atoms with van der Waals surface area (Å²) in [7, 11) is -3.70. The lowest BCUT2D eigenvalue weighted by Crippen LogP contribution is -2.50. The highest BCUT2D eigenvalue weighted by Gasteiger charge is 2.48. The van der Waals surface area contributed by atoms with E-state index in [-0.39, 0.29) is 44.2 Å². The van der Waals surface area contributed by atoms with Crippen molar-refractivity contribution in [2.75, 3.05) is 37.8 Å². The zero-order valence-corrected chi connectivity index (χ0v) is 24.9. The molecule has 10 nitrogen and oxygen atoms in total. The predicted octanol–water partition coefficient (Wildman–Crippen LogP) is 3.05. The van der Waals surface area contributed by atoms with Crippen LogP contribution in [0.1, 0.15) is 74.5 Å². The maximum absolute atomic E-state index is 13.3. The van der Waals surface area contributed by atoms with E-state index in [0.29, 0.717) is 38.2 Å². The number of aliphatic hydroxyl groups excluding tert-OH is 1. The minimum absolute atomic E-state index is 0.0290. The van der Waals surface area contributed by atoms with Crippen molar-refractivity contribution in [3.05, 3.63) is 34.2 Å². The average Bonchev–Trinajstić information content (AvgIpc) is 3.48. The Kier molecular flexibility index (Phi) is 8.98. The number of aryl methyl sites for hydroxylation is 2. The van der Waals surface area contributed by atoms with E-state index in [0.717, 1.165) is 53.9 Å². The first-order valence-corrected chi connectivity index (χ1v) is 16.4. The molecule has 41 heavy (non-hydrogen) atoms. The molecule has 224 valence electrons. The van der Waals surface area contributed by atoms with Crippen LogP contribution < -0.4 is 10.2 Å². The SMILES string of the molecule is Cc1cc(N2C(=O)CC[C@@H]2COCCO)cc(C)c1/C=C/S(=O)(=O)N1CCC2(CC1)N=C(C1CCCCC1)NC2=O. The number of nitrogens with zero attached hydrogens (tertiary/aromatic N) is 3. The molecule has 2 N–H and O–H groups in total. The van der Waals surface area contributed by atoms with Crippen molar-refractivity contribution in [2.45, 2.75) is 83.2 Å². The van der Waals surface area contributed by atoms with Crippen molar-refractivity contribution in [1.29, 1.82) is 0 Å². The van der Waals surface area contributed by atoms with Crippen LogP contribution in [0.2, 0.25) is 0 Å². The van der Waals surface area contributed by atoms with E-state index in [2.05, 4.69) is 5.32 Å². The molecule has 2 amide bonds. The number of carbonyl (C=O) groups excluding carboxylic acids is 2. The Morgan fingerprint density at radius 2 is 1.78 bits per heavy atom. The van der Waals surface area contributed by atoms with E-state index in [9.17, 15) is 18.0 Å². The standard InChI is InChI=1S/C30H42N4O6S/c1-21-18-25(34-24(8-9-27(34)36)20-40-16-15-35)19-22(2)26(21)10-17-41(38,39)33-13-11-30(12-14-33)29(37)31-28(32-30)23-6-4-3-5-7-23/h10,17-19,23-24,35H,3-9,11-16,20H2,1-2H3,(H,31,32,37)/b17-10+/t24-/m1/s1. The number of amidine groups is 1. The van der Waals surface area contributed by atoms with E-state index >= 15 is 0 Å². The Morgan fingerprint density at radius 3 is 2.44 bits per heavy atom. The van der Waals surface area contributed by atoms with Crippen molar-refractivity contribution in [2.24, 2.45) is 10.9 Å². The van der Waals surface area contributed by atoms with Crippen LogP contribution in [0, 0.1) is 19.8 Å². The number of aliphatic imine (C=N–C) groups is 1. The second kappa shape index (κ2) is 12.3. The third-order valence-corrected chi connectivity index (χ3v) is 10.6. The number of hydrogen-bond donors (Lipinski definition) is 2. The number of nitrogens with one attached hydrogen (secondary N) is 1. The van der Waals surface area contributed by atoms with Crippen LogP contribution in [0.15, 0.2) is 22.5 Å². The lowest BCUT2D eigenvalue weighted by molar-refractivity contribution is -0.125. The molecule has 1 aromatic rings. The molecule has 1 atom stereocenters. The van der Waals surface area contributed by atoms with Crippen LogP contribution in [0.5, 0.6) is 0 Å². The van der Waals surface area contributed by atoms with Crippen LogP contribution >= 0.6 is 0 Å². The molecule has 2 saturated heterocycles. The monoisotopic (exact) mass is 586 g/mol. The number of ether oxygens (including phenoxy) is 1. The maximum Gasteiger partial charge on any atom is 0.253 e. The zero-order chi connectivity index (χ0) is 29.2. The Bertz CT molecular complexity index is 1300. The van der Waals surface area contributed by atoms with Gasteiger partial charge in [-0.05, 0) is 80.9 Å². The molecule has 0 bridgehead atoms. The van der Waals surface area contributed by atoms with E-state index < -0.39 is 15.6 Å². The topological polar surface area (TPSA) is 129 Å². The molecule has 3 fully saturated rings. The molecule has 0 unspecified atom stereocenters. The zero-order valence-electron chi connectivity index (χ0n) is 24.1. The second-order valence-corrected chi connectivity index (χ2v) is 13.6.